The highest BCUT2D eigenvalue weighted by Gasteiger charge is 2.21. The summed E-state index contributed by atoms with van der Waals surface area (Å²) >= 11 is 6.20. The fourth-order valence-electron chi connectivity index (χ4n) is 2.35. The second-order valence-electron chi connectivity index (χ2n) is 4.92. The van der Waals surface area contributed by atoms with Crippen molar-refractivity contribution in [3.8, 4) is 0 Å². The zero-order valence-electron chi connectivity index (χ0n) is 12.0. The first-order chi connectivity index (χ1) is 9.52. The van der Waals surface area contributed by atoms with Gasteiger partial charge in [0.1, 0.15) is 17.3 Å². The van der Waals surface area contributed by atoms with Gasteiger partial charge in [-0.3, -0.25) is 0 Å². The largest absolute Gasteiger partial charge is 0.466 e. The van der Waals surface area contributed by atoms with E-state index in [0.717, 1.165) is 35.6 Å². The van der Waals surface area contributed by atoms with E-state index in [9.17, 15) is 4.39 Å². The van der Waals surface area contributed by atoms with Crippen LogP contribution in [0.1, 0.15) is 42.0 Å². The number of halogens is 2. The van der Waals surface area contributed by atoms with Crippen LogP contribution in [0.25, 0.3) is 0 Å². The number of nitrogens with one attached hydrogen (secondary N) is 1. The zero-order chi connectivity index (χ0) is 14.7. The Morgan fingerprint density at radius 3 is 2.55 bits per heavy atom. The predicted molar refractivity (Wildman–Crippen MR) is 79.7 cm³/mol. The molecule has 2 rings (SSSR count). The van der Waals surface area contributed by atoms with Crippen molar-refractivity contribution in [1.82, 2.24) is 5.32 Å². The van der Waals surface area contributed by atoms with E-state index in [4.69, 9.17) is 16.0 Å². The number of hydrogen-bond acceptors (Lipinski definition) is 2. The van der Waals surface area contributed by atoms with Crippen LogP contribution < -0.4 is 5.32 Å². The van der Waals surface area contributed by atoms with Crippen LogP contribution in [0, 0.1) is 19.7 Å². The van der Waals surface area contributed by atoms with Crippen LogP contribution in [0.15, 0.2) is 28.7 Å². The summed E-state index contributed by atoms with van der Waals surface area (Å²) in [5, 5.41) is 3.88. The van der Waals surface area contributed by atoms with Crippen molar-refractivity contribution in [2.45, 2.75) is 33.2 Å². The molecule has 0 aliphatic heterocycles. The van der Waals surface area contributed by atoms with E-state index in [2.05, 4.69) is 12.2 Å². The minimum Gasteiger partial charge on any atom is -0.466 e. The highest BCUT2D eigenvalue weighted by Crippen LogP contribution is 2.32. The van der Waals surface area contributed by atoms with Gasteiger partial charge in [-0.1, -0.05) is 24.6 Å². The average Bonchev–Trinajstić information content (AvgIpc) is 2.71. The Balaban J connectivity index is 2.44. The first-order valence-corrected chi connectivity index (χ1v) is 7.16. The van der Waals surface area contributed by atoms with E-state index in [0.29, 0.717) is 5.02 Å². The Bertz CT molecular complexity index is 594. The fraction of sp³-hybridized carbons (Fsp3) is 0.375. The topological polar surface area (TPSA) is 25.2 Å². The molecule has 1 heterocycles. The molecule has 0 aliphatic rings. The van der Waals surface area contributed by atoms with Gasteiger partial charge in [0.05, 0.1) is 6.04 Å². The quantitative estimate of drug-likeness (QED) is 0.859. The third-order valence-electron chi connectivity index (χ3n) is 3.26. The summed E-state index contributed by atoms with van der Waals surface area (Å²) < 4.78 is 18.8. The summed E-state index contributed by atoms with van der Waals surface area (Å²) in [5.41, 5.74) is 1.91. The highest BCUT2D eigenvalue weighted by molar-refractivity contribution is 6.31. The summed E-state index contributed by atoms with van der Waals surface area (Å²) in [5.74, 6) is 1.39. The molecule has 0 bridgehead atoms. The Morgan fingerprint density at radius 1 is 1.25 bits per heavy atom. The molecule has 0 aliphatic carbocycles. The molecule has 1 aromatic carbocycles. The molecule has 0 radical (unpaired) electrons. The van der Waals surface area contributed by atoms with Crippen LogP contribution in [0.3, 0.4) is 0 Å². The Hall–Kier alpha value is -1.32. The summed E-state index contributed by atoms with van der Waals surface area (Å²) in [7, 11) is 0. The van der Waals surface area contributed by atoms with Crippen molar-refractivity contribution in [1.29, 1.82) is 0 Å². The highest BCUT2D eigenvalue weighted by atomic mass is 35.5. The van der Waals surface area contributed by atoms with Gasteiger partial charge in [0.25, 0.3) is 0 Å². The van der Waals surface area contributed by atoms with E-state index in [1.54, 1.807) is 6.07 Å². The van der Waals surface area contributed by atoms with Gasteiger partial charge in [0.15, 0.2) is 0 Å². The van der Waals surface area contributed by atoms with Gasteiger partial charge in [-0.25, -0.2) is 4.39 Å². The lowest BCUT2D eigenvalue weighted by Crippen LogP contribution is -2.23. The first-order valence-electron chi connectivity index (χ1n) is 6.78. The SMILES string of the molecule is CCCNC(c1ccc(F)cc1Cl)c1cc(C)oc1C. The standard InChI is InChI=1S/C16H19ClFNO/c1-4-7-19-16(14-8-10(2)20-11(14)3)13-6-5-12(18)9-15(13)17/h5-6,8-9,16,19H,4,7H2,1-3H3. The Morgan fingerprint density at radius 2 is 2.00 bits per heavy atom. The summed E-state index contributed by atoms with van der Waals surface area (Å²) in [6.45, 7) is 6.80. The van der Waals surface area contributed by atoms with Gasteiger partial charge in [0, 0.05) is 10.6 Å². The van der Waals surface area contributed by atoms with Crippen LogP contribution in [0.4, 0.5) is 4.39 Å². The van der Waals surface area contributed by atoms with Gasteiger partial charge in [0.2, 0.25) is 0 Å². The van der Waals surface area contributed by atoms with Gasteiger partial charge in [-0.05, 0) is 50.6 Å². The normalized spacial score (nSPS) is 12.7. The molecule has 0 spiro atoms. The lowest BCUT2D eigenvalue weighted by atomic mass is 9.98. The van der Waals surface area contributed by atoms with Crippen LogP contribution in [0.2, 0.25) is 5.02 Å². The van der Waals surface area contributed by atoms with E-state index < -0.39 is 0 Å². The summed E-state index contributed by atoms with van der Waals surface area (Å²) in [6, 6.07) is 6.43. The first kappa shape index (κ1) is 15.1. The fourth-order valence-corrected chi connectivity index (χ4v) is 2.63. The minimum absolute atomic E-state index is 0.0829. The zero-order valence-corrected chi connectivity index (χ0v) is 12.7. The molecular formula is C16H19ClFNO. The van der Waals surface area contributed by atoms with E-state index >= 15 is 0 Å². The number of furan rings is 1. The molecule has 1 N–H and O–H groups in total. The molecule has 4 heteroatoms. The Kier molecular flexibility index (Phi) is 4.84. The second-order valence-corrected chi connectivity index (χ2v) is 5.33. The van der Waals surface area contributed by atoms with E-state index in [-0.39, 0.29) is 11.9 Å². The molecule has 20 heavy (non-hydrogen) atoms. The molecule has 0 saturated carbocycles. The monoisotopic (exact) mass is 295 g/mol. The number of rotatable bonds is 5. The molecule has 0 fully saturated rings. The number of benzene rings is 1. The molecule has 0 amide bonds. The molecule has 1 atom stereocenters. The number of hydrogen-bond donors (Lipinski definition) is 1. The molecule has 1 aromatic heterocycles. The van der Waals surface area contributed by atoms with Crippen molar-refractivity contribution in [3.05, 3.63) is 57.8 Å². The molecular weight excluding hydrogens is 277 g/mol. The predicted octanol–water partition coefficient (Wildman–Crippen LogP) is 4.78. The van der Waals surface area contributed by atoms with Gasteiger partial charge < -0.3 is 9.73 Å². The minimum atomic E-state index is -0.326. The smallest absolute Gasteiger partial charge is 0.124 e. The third-order valence-corrected chi connectivity index (χ3v) is 3.59. The summed E-state index contributed by atoms with van der Waals surface area (Å²) in [6.07, 6.45) is 1.01. The van der Waals surface area contributed by atoms with Crippen molar-refractivity contribution >= 4 is 11.6 Å². The van der Waals surface area contributed by atoms with Crippen LogP contribution in [-0.4, -0.2) is 6.54 Å². The maximum atomic E-state index is 13.2. The van der Waals surface area contributed by atoms with Crippen LogP contribution in [0.5, 0.6) is 0 Å². The Labute approximate surface area is 123 Å². The van der Waals surface area contributed by atoms with E-state index in [1.807, 2.05) is 19.9 Å². The molecule has 108 valence electrons. The van der Waals surface area contributed by atoms with Crippen molar-refractivity contribution < 1.29 is 8.81 Å². The lowest BCUT2D eigenvalue weighted by molar-refractivity contribution is 0.493. The third kappa shape index (κ3) is 3.22. The maximum absolute atomic E-state index is 13.2. The van der Waals surface area contributed by atoms with Crippen molar-refractivity contribution in [2.24, 2.45) is 0 Å². The van der Waals surface area contributed by atoms with E-state index in [1.165, 1.54) is 12.1 Å². The van der Waals surface area contributed by atoms with Crippen LogP contribution >= 0.6 is 11.6 Å². The molecule has 2 aromatic rings. The molecule has 0 saturated heterocycles. The molecule has 1 unspecified atom stereocenters. The second kappa shape index (κ2) is 6.42. The summed E-state index contributed by atoms with van der Waals surface area (Å²) in [4.78, 5) is 0. The number of aryl methyl sites for hydroxylation is 2. The van der Waals surface area contributed by atoms with Crippen LogP contribution in [-0.2, 0) is 0 Å². The maximum Gasteiger partial charge on any atom is 0.124 e. The molecule has 2 nitrogen and oxygen atoms in total. The van der Waals surface area contributed by atoms with Gasteiger partial charge in [-0.2, -0.15) is 0 Å². The van der Waals surface area contributed by atoms with Crippen molar-refractivity contribution in [3.63, 3.8) is 0 Å². The average molecular weight is 296 g/mol. The van der Waals surface area contributed by atoms with Gasteiger partial charge >= 0.3 is 0 Å². The lowest BCUT2D eigenvalue weighted by Gasteiger charge is -2.20. The van der Waals surface area contributed by atoms with Gasteiger partial charge in [-0.15, -0.1) is 0 Å². The van der Waals surface area contributed by atoms with Crippen molar-refractivity contribution in [2.75, 3.05) is 6.54 Å².